The van der Waals surface area contributed by atoms with Crippen LogP contribution in [0.3, 0.4) is 0 Å². The molecule has 202 valence electrons. The predicted molar refractivity (Wildman–Crippen MR) is 147 cm³/mol. The zero-order chi connectivity index (χ0) is 27.7. The summed E-state index contributed by atoms with van der Waals surface area (Å²) >= 11 is 6.25. The molecule has 1 aliphatic heterocycles. The number of nitrogens with one attached hydrogen (secondary N) is 1. The third-order valence-corrected chi connectivity index (χ3v) is 7.03. The second kappa shape index (κ2) is 11.0. The first-order valence-electron chi connectivity index (χ1n) is 12.7. The normalized spacial score (nSPS) is 14.7. The van der Waals surface area contributed by atoms with E-state index in [1.165, 1.54) is 18.2 Å². The van der Waals surface area contributed by atoms with Gasteiger partial charge in [-0.15, -0.1) is 0 Å². The molecule has 1 aromatic heterocycles. The summed E-state index contributed by atoms with van der Waals surface area (Å²) in [6, 6.07) is 15.7. The number of aromatic amines is 1. The van der Waals surface area contributed by atoms with Crippen molar-refractivity contribution in [2.45, 2.75) is 32.9 Å². The van der Waals surface area contributed by atoms with Crippen LogP contribution in [0.2, 0.25) is 5.02 Å². The van der Waals surface area contributed by atoms with E-state index in [4.69, 9.17) is 21.1 Å². The van der Waals surface area contributed by atoms with Gasteiger partial charge in [0.2, 0.25) is 0 Å². The highest BCUT2D eigenvalue weighted by atomic mass is 35.5. The van der Waals surface area contributed by atoms with Crippen LogP contribution in [0.5, 0.6) is 17.2 Å². The minimum atomic E-state index is -0.580. The molecule has 1 amide bonds. The number of fused-ring (bicyclic) bond motifs is 1. The fourth-order valence-corrected chi connectivity index (χ4v) is 4.95. The smallest absolute Gasteiger partial charge is 0.273 e. The van der Waals surface area contributed by atoms with Crippen molar-refractivity contribution in [3.63, 3.8) is 0 Å². The van der Waals surface area contributed by atoms with Crippen molar-refractivity contribution in [3.8, 4) is 28.5 Å². The molecular formula is C30H29ClFN3O4. The first kappa shape index (κ1) is 26.6. The van der Waals surface area contributed by atoms with Crippen molar-refractivity contribution in [3.05, 3.63) is 93.9 Å². The number of hydrogen-bond donors (Lipinski definition) is 2. The molecule has 0 aliphatic carbocycles. The van der Waals surface area contributed by atoms with E-state index in [-0.39, 0.29) is 24.0 Å². The number of nitrogens with zero attached hydrogens (tertiary/aromatic N) is 2. The highest BCUT2D eigenvalue weighted by Crippen LogP contribution is 2.46. The van der Waals surface area contributed by atoms with Crippen LogP contribution in [-0.4, -0.2) is 39.8 Å². The van der Waals surface area contributed by atoms with Gasteiger partial charge in [-0.3, -0.25) is 9.89 Å². The third-order valence-electron chi connectivity index (χ3n) is 6.80. The van der Waals surface area contributed by atoms with Crippen LogP contribution >= 0.6 is 11.6 Å². The summed E-state index contributed by atoms with van der Waals surface area (Å²) in [6.07, 6.45) is 0.901. The van der Waals surface area contributed by atoms with Crippen molar-refractivity contribution in [2.24, 2.45) is 5.92 Å². The Morgan fingerprint density at radius 2 is 1.87 bits per heavy atom. The fourth-order valence-electron chi connectivity index (χ4n) is 4.77. The van der Waals surface area contributed by atoms with Crippen molar-refractivity contribution >= 4 is 17.5 Å². The predicted octanol–water partition coefficient (Wildman–Crippen LogP) is 6.75. The summed E-state index contributed by atoms with van der Waals surface area (Å²) in [5, 5.41) is 18.4. The van der Waals surface area contributed by atoms with Crippen LogP contribution in [0, 0.1) is 11.7 Å². The Morgan fingerprint density at radius 1 is 1.10 bits per heavy atom. The maximum absolute atomic E-state index is 13.7. The Hall–Kier alpha value is -4.04. The second-order valence-corrected chi connectivity index (χ2v) is 10.4. The summed E-state index contributed by atoms with van der Waals surface area (Å²) < 4.78 is 25.2. The van der Waals surface area contributed by atoms with Crippen LogP contribution in [0.15, 0.2) is 60.7 Å². The van der Waals surface area contributed by atoms with Crippen LogP contribution in [-0.2, 0) is 6.54 Å². The maximum atomic E-state index is 13.7. The number of H-pyrrole nitrogens is 1. The van der Waals surface area contributed by atoms with Gasteiger partial charge in [-0.1, -0.05) is 43.6 Å². The molecule has 2 N–H and O–H groups in total. The first-order valence-corrected chi connectivity index (χ1v) is 13.1. The molecule has 1 unspecified atom stereocenters. The number of benzene rings is 3. The van der Waals surface area contributed by atoms with E-state index in [0.29, 0.717) is 51.6 Å². The quantitative estimate of drug-likeness (QED) is 0.241. The minimum absolute atomic E-state index is 0.0108. The number of halogens is 2. The number of carbonyl (C=O) groups excluding carboxylic acids is 1. The number of aromatic nitrogens is 2. The Morgan fingerprint density at radius 3 is 2.59 bits per heavy atom. The SMILES string of the molecule is COc1cc(C2c3c(-c4cc(Cl)ccc4O)n[nH]c3C(=O)N2Cc2ccc(F)cc2)ccc1OCCC(C)C. The second-order valence-electron chi connectivity index (χ2n) is 9.93. The van der Waals surface area contributed by atoms with Gasteiger partial charge in [0.25, 0.3) is 5.91 Å². The van der Waals surface area contributed by atoms with Gasteiger partial charge in [0.15, 0.2) is 11.5 Å². The Kier molecular flexibility index (Phi) is 7.48. The molecule has 1 aliphatic rings. The van der Waals surface area contributed by atoms with Gasteiger partial charge in [-0.25, -0.2) is 4.39 Å². The van der Waals surface area contributed by atoms with Gasteiger partial charge in [-0.2, -0.15) is 5.10 Å². The zero-order valence-electron chi connectivity index (χ0n) is 21.9. The van der Waals surface area contributed by atoms with E-state index in [2.05, 4.69) is 24.0 Å². The number of rotatable bonds is 9. The average molecular weight is 550 g/mol. The molecular weight excluding hydrogens is 521 g/mol. The van der Waals surface area contributed by atoms with Gasteiger partial charge in [-0.05, 0) is 65.9 Å². The largest absolute Gasteiger partial charge is 0.507 e. The summed E-state index contributed by atoms with van der Waals surface area (Å²) in [5.41, 5.74) is 3.27. The Bertz CT molecular complexity index is 1500. The number of methoxy groups -OCH3 is 1. The molecule has 7 nitrogen and oxygen atoms in total. The van der Waals surface area contributed by atoms with Gasteiger partial charge in [0.1, 0.15) is 23.0 Å². The van der Waals surface area contributed by atoms with E-state index in [1.807, 2.05) is 18.2 Å². The molecule has 0 bridgehead atoms. The number of amides is 1. The van der Waals surface area contributed by atoms with E-state index in [0.717, 1.165) is 17.5 Å². The lowest BCUT2D eigenvalue weighted by molar-refractivity contribution is 0.0730. The van der Waals surface area contributed by atoms with E-state index in [9.17, 15) is 14.3 Å². The topological polar surface area (TPSA) is 87.7 Å². The van der Waals surface area contributed by atoms with Gasteiger partial charge >= 0.3 is 0 Å². The molecule has 0 saturated heterocycles. The van der Waals surface area contributed by atoms with E-state index in [1.54, 1.807) is 36.3 Å². The van der Waals surface area contributed by atoms with Crippen molar-refractivity contribution in [1.82, 2.24) is 15.1 Å². The van der Waals surface area contributed by atoms with Crippen LogP contribution < -0.4 is 9.47 Å². The average Bonchev–Trinajstić information content (AvgIpc) is 3.45. The van der Waals surface area contributed by atoms with Crippen LogP contribution in [0.4, 0.5) is 4.39 Å². The summed E-state index contributed by atoms with van der Waals surface area (Å²) in [6.45, 7) is 5.04. The lowest BCUT2D eigenvalue weighted by Gasteiger charge is -2.27. The lowest BCUT2D eigenvalue weighted by atomic mass is 9.95. The summed E-state index contributed by atoms with van der Waals surface area (Å²) in [4.78, 5) is 15.4. The molecule has 1 atom stereocenters. The zero-order valence-corrected chi connectivity index (χ0v) is 22.6. The number of ether oxygens (including phenoxy) is 2. The number of aromatic hydroxyl groups is 1. The molecule has 5 rings (SSSR count). The molecule has 2 heterocycles. The number of hydrogen-bond acceptors (Lipinski definition) is 5. The molecule has 9 heteroatoms. The molecule has 4 aromatic rings. The Labute approximate surface area is 231 Å². The summed E-state index contributed by atoms with van der Waals surface area (Å²) in [7, 11) is 1.57. The maximum Gasteiger partial charge on any atom is 0.273 e. The molecule has 0 fully saturated rings. The van der Waals surface area contributed by atoms with Crippen LogP contribution in [0.25, 0.3) is 11.3 Å². The van der Waals surface area contributed by atoms with E-state index >= 15 is 0 Å². The monoisotopic (exact) mass is 549 g/mol. The highest BCUT2D eigenvalue weighted by molar-refractivity contribution is 6.31. The van der Waals surface area contributed by atoms with Gasteiger partial charge < -0.3 is 19.5 Å². The number of carbonyl (C=O) groups is 1. The van der Waals surface area contributed by atoms with Gasteiger partial charge in [0, 0.05) is 22.7 Å². The molecule has 0 saturated carbocycles. The summed E-state index contributed by atoms with van der Waals surface area (Å²) in [5.74, 6) is 1.01. The lowest BCUT2D eigenvalue weighted by Crippen LogP contribution is -2.29. The first-order chi connectivity index (χ1) is 18.8. The minimum Gasteiger partial charge on any atom is -0.507 e. The fraction of sp³-hybridized carbons (Fsp3) is 0.267. The van der Waals surface area contributed by atoms with Gasteiger partial charge in [0.05, 0.1) is 19.8 Å². The highest BCUT2D eigenvalue weighted by Gasteiger charge is 2.43. The number of phenolic OH excluding ortho intramolecular Hbond substituents is 1. The van der Waals surface area contributed by atoms with Crippen molar-refractivity contribution in [2.75, 3.05) is 13.7 Å². The molecule has 0 spiro atoms. The molecule has 3 aromatic carbocycles. The Balaban J connectivity index is 1.61. The standard InChI is InChI=1S/C30H29ClFN3O4/c1-17(2)12-13-39-24-11-6-19(14-25(24)38-3)29-26-27(22-15-20(31)7-10-23(22)36)33-34-28(26)30(37)35(29)16-18-4-8-21(32)9-5-18/h4-11,14-15,17,29,36H,12-13,16H2,1-3H3,(H,33,34). The van der Waals surface area contributed by atoms with Crippen molar-refractivity contribution < 1.29 is 23.8 Å². The third kappa shape index (κ3) is 5.29. The molecule has 39 heavy (non-hydrogen) atoms. The van der Waals surface area contributed by atoms with Crippen molar-refractivity contribution in [1.29, 1.82) is 0 Å². The molecule has 0 radical (unpaired) electrons. The van der Waals surface area contributed by atoms with Crippen LogP contribution in [0.1, 0.15) is 53.5 Å². The van der Waals surface area contributed by atoms with E-state index < -0.39 is 6.04 Å². The number of phenols is 1.